The number of carbonyl (C=O) groups excluding carboxylic acids is 1. The van der Waals surface area contributed by atoms with Crippen molar-refractivity contribution in [3.05, 3.63) is 84.9 Å². The zero-order chi connectivity index (χ0) is 26.4. The number of pyridine rings is 1. The minimum atomic E-state index is -4.11. The van der Waals surface area contributed by atoms with Crippen LogP contribution in [0.1, 0.15) is 6.42 Å². The summed E-state index contributed by atoms with van der Waals surface area (Å²) in [5.74, 6) is -1.72. The molecule has 3 aromatic carbocycles. The quantitative estimate of drug-likeness (QED) is 0.401. The number of nitrogens with zero attached hydrogens (tertiary/aromatic N) is 2. The zero-order valence-corrected chi connectivity index (χ0v) is 21.3. The van der Waals surface area contributed by atoms with Crippen LogP contribution < -0.4 is 9.62 Å². The van der Waals surface area contributed by atoms with Crippen molar-refractivity contribution in [2.24, 2.45) is 0 Å². The number of fused-ring (bicyclic) bond motifs is 1. The molecule has 1 saturated heterocycles. The standard InChI is InChI=1S/C26H22FN3O5S2/c1-36(32,33)25-20(17-6-3-2-4-7-17)10-11-22(24(25)27)30-15-13-21(26(30)31)29-37(34,35)23-9-5-8-18-16-28-14-12-19(18)23/h2-12,14,16,21,29H,13,15H2,1H3/t21-/m0/s1. The zero-order valence-electron chi connectivity index (χ0n) is 19.6. The molecule has 1 atom stereocenters. The van der Waals surface area contributed by atoms with Crippen LogP contribution in [0, 0.1) is 5.82 Å². The first-order valence-electron chi connectivity index (χ1n) is 11.3. The summed E-state index contributed by atoms with van der Waals surface area (Å²) in [6.45, 7) is 0.0102. The first-order valence-corrected chi connectivity index (χ1v) is 14.7. The Bertz CT molecular complexity index is 1740. The van der Waals surface area contributed by atoms with Crippen LogP contribution in [0.25, 0.3) is 21.9 Å². The second-order valence-corrected chi connectivity index (χ2v) is 12.4. The number of sulfonamides is 1. The molecule has 2 heterocycles. The smallest absolute Gasteiger partial charge is 0.245 e. The molecule has 8 nitrogen and oxygen atoms in total. The molecule has 4 aromatic rings. The van der Waals surface area contributed by atoms with Gasteiger partial charge in [-0.3, -0.25) is 9.78 Å². The fourth-order valence-corrected chi connectivity index (χ4v) is 7.04. The molecule has 1 aliphatic heterocycles. The lowest BCUT2D eigenvalue weighted by atomic mass is 10.0. The number of anilines is 1. The fourth-order valence-electron chi connectivity index (χ4n) is 4.57. The maximum Gasteiger partial charge on any atom is 0.245 e. The topological polar surface area (TPSA) is 114 Å². The molecule has 0 radical (unpaired) electrons. The van der Waals surface area contributed by atoms with E-state index in [9.17, 15) is 21.6 Å². The average Bonchev–Trinajstić information content (AvgIpc) is 3.22. The van der Waals surface area contributed by atoms with Gasteiger partial charge in [-0.05, 0) is 30.2 Å². The van der Waals surface area contributed by atoms with Crippen LogP contribution in [0.15, 0.2) is 88.9 Å². The second kappa shape index (κ2) is 9.33. The van der Waals surface area contributed by atoms with Crippen LogP contribution in [0.2, 0.25) is 0 Å². The molecule has 5 rings (SSSR count). The third-order valence-corrected chi connectivity index (χ3v) is 8.93. The molecule has 190 valence electrons. The molecule has 1 aromatic heterocycles. The van der Waals surface area contributed by atoms with E-state index in [1.54, 1.807) is 48.5 Å². The number of sulfone groups is 1. The van der Waals surface area contributed by atoms with E-state index in [1.807, 2.05) is 0 Å². The predicted octanol–water partition coefficient (Wildman–Crippen LogP) is 3.53. The Balaban J connectivity index is 1.48. The summed E-state index contributed by atoms with van der Waals surface area (Å²) in [4.78, 5) is 17.8. The second-order valence-electron chi connectivity index (χ2n) is 8.72. The predicted molar refractivity (Wildman–Crippen MR) is 138 cm³/mol. The van der Waals surface area contributed by atoms with E-state index in [-0.39, 0.29) is 29.1 Å². The molecule has 11 heteroatoms. The monoisotopic (exact) mass is 539 g/mol. The summed E-state index contributed by atoms with van der Waals surface area (Å²) in [5.41, 5.74) is 0.471. The number of nitrogens with one attached hydrogen (secondary N) is 1. The van der Waals surface area contributed by atoms with Gasteiger partial charge in [-0.1, -0.05) is 48.5 Å². The van der Waals surface area contributed by atoms with Crippen molar-refractivity contribution in [3.8, 4) is 11.1 Å². The summed E-state index contributed by atoms with van der Waals surface area (Å²) >= 11 is 0. The van der Waals surface area contributed by atoms with Crippen LogP contribution in [0.4, 0.5) is 10.1 Å². The van der Waals surface area contributed by atoms with Crippen LogP contribution in [-0.2, 0) is 24.7 Å². The Kier molecular flexibility index (Phi) is 6.30. The lowest BCUT2D eigenvalue weighted by Gasteiger charge is -2.21. The Morgan fingerprint density at radius 2 is 1.73 bits per heavy atom. The van der Waals surface area contributed by atoms with Crippen LogP contribution >= 0.6 is 0 Å². The normalized spacial score (nSPS) is 16.4. The molecule has 1 amide bonds. The Morgan fingerprint density at radius 3 is 2.46 bits per heavy atom. The average molecular weight is 540 g/mol. The van der Waals surface area contributed by atoms with Crippen molar-refractivity contribution in [2.45, 2.75) is 22.3 Å². The van der Waals surface area contributed by atoms with Gasteiger partial charge < -0.3 is 4.90 Å². The molecule has 37 heavy (non-hydrogen) atoms. The van der Waals surface area contributed by atoms with Gasteiger partial charge in [-0.15, -0.1) is 0 Å². The van der Waals surface area contributed by atoms with E-state index in [4.69, 9.17) is 0 Å². The van der Waals surface area contributed by atoms with Gasteiger partial charge in [-0.2, -0.15) is 4.72 Å². The molecule has 1 aliphatic rings. The SMILES string of the molecule is CS(=O)(=O)c1c(-c2ccccc2)ccc(N2CC[C@H](NS(=O)(=O)c3cccc4cnccc34)C2=O)c1F. The first kappa shape index (κ1) is 25.0. The van der Waals surface area contributed by atoms with Gasteiger partial charge >= 0.3 is 0 Å². The number of rotatable bonds is 6. The van der Waals surface area contributed by atoms with Crippen molar-refractivity contribution < 1.29 is 26.0 Å². The van der Waals surface area contributed by atoms with Crippen molar-refractivity contribution in [1.82, 2.24) is 9.71 Å². The highest BCUT2D eigenvalue weighted by Gasteiger charge is 2.38. The van der Waals surface area contributed by atoms with Crippen LogP contribution in [-0.4, -0.2) is 46.6 Å². The summed E-state index contributed by atoms with van der Waals surface area (Å²) in [7, 11) is -8.12. The molecule has 0 spiro atoms. The summed E-state index contributed by atoms with van der Waals surface area (Å²) < 4.78 is 69.7. The molecule has 1 N–H and O–H groups in total. The molecule has 1 fully saturated rings. The minimum absolute atomic E-state index is 0.00333. The van der Waals surface area contributed by atoms with Gasteiger partial charge in [0.15, 0.2) is 15.7 Å². The van der Waals surface area contributed by atoms with E-state index in [1.165, 1.54) is 30.6 Å². The Morgan fingerprint density at radius 1 is 0.973 bits per heavy atom. The minimum Gasteiger partial charge on any atom is -0.308 e. The third-order valence-electron chi connectivity index (χ3n) is 6.26. The number of benzene rings is 3. The fraction of sp³-hybridized carbons (Fsp3) is 0.154. The summed E-state index contributed by atoms with van der Waals surface area (Å²) in [5, 5.41) is 1.08. The maximum absolute atomic E-state index is 15.7. The van der Waals surface area contributed by atoms with Gasteiger partial charge in [0, 0.05) is 41.5 Å². The van der Waals surface area contributed by atoms with Gasteiger partial charge in [-0.25, -0.2) is 21.2 Å². The molecular formula is C26H22FN3O5S2. The number of aromatic nitrogens is 1. The summed E-state index contributed by atoms with van der Waals surface area (Å²) in [6.07, 6.45) is 4.01. The Labute approximate surface area is 213 Å². The number of carbonyl (C=O) groups is 1. The van der Waals surface area contributed by atoms with E-state index >= 15 is 4.39 Å². The van der Waals surface area contributed by atoms with Crippen molar-refractivity contribution in [1.29, 1.82) is 0 Å². The Hall–Kier alpha value is -3.67. The highest BCUT2D eigenvalue weighted by molar-refractivity contribution is 7.91. The van der Waals surface area contributed by atoms with E-state index < -0.39 is 42.5 Å². The number of hydrogen-bond acceptors (Lipinski definition) is 6. The number of amides is 1. The largest absolute Gasteiger partial charge is 0.308 e. The van der Waals surface area contributed by atoms with E-state index in [0.29, 0.717) is 16.3 Å². The van der Waals surface area contributed by atoms with Crippen molar-refractivity contribution >= 4 is 42.2 Å². The van der Waals surface area contributed by atoms with E-state index in [2.05, 4.69) is 9.71 Å². The maximum atomic E-state index is 15.7. The number of halogens is 1. The molecule has 0 saturated carbocycles. The lowest BCUT2D eigenvalue weighted by molar-refractivity contribution is -0.118. The van der Waals surface area contributed by atoms with E-state index in [0.717, 1.165) is 11.2 Å². The number of hydrogen-bond donors (Lipinski definition) is 1. The van der Waals surface area contributed by atoms with Gasteiger partial charge in [0.25, 0.3) is 0 Å². The lowest BCUT2D eigenvalue weighted by Crippen LogP contribution is -2.41. The summed E-state index contributed by atoms with van der Waals surface area (Å²) in [6, 6.07) is 16.5. The molecular weight excluding hydrogens is 517 g/mol. The van der Waals surface area contributed by atoms with Crippen LogP contribution in [0.3, 0.4) is 0 Å². The first-order chi connectivity index (χ1) is 17.6. The third kappa shape index (κ3) is 4.61. The van der Waals surface area contributed by atoms with Gasteiger partial charge in [0.1, 0.15) is 10.9 Å². The highest BCUT2D eigenvalue weighted by atomic mass is 32.2. The molecule has 0 bridgehead atoms. The van der Waals surface area contributed by atoms with Gasteiger partial charge in [0.2, 0.25) is 15.9 Å². The highest BCUT2D eigenvalue weighted by Crippen LogP contribution is 2.36. The molecule has 0 unspecified atom stereocenters. The van der Waals surface area contributed by atoms with Crippen molar-refractivity contribution in [3.63, 3.8) is 0 Å². The van der Waals surface area contributed by atoms with Crippen LogP contribution in [0.5, 0.6) is 0 Å². The van der Waals surface area contributed by atoms with Gasteiger partial charge in [0.05, 0.1) is 10.6 Å². The molecule has 0 aliphatic carbocycles. The van der Waals surface area contributed by atoms with Crippen molar-refractivity contribution in [2.75, 3.05) is 17.7 Å².